The molecular formula is C13H17N3O2. The Balaban J connectivity index is 1.91. The lowest BCUT2D eigenvalue weighted by Crippen LogP contribution is -2.18. The lowest BCUT2D eigenvalue weighted by Gasteiger charge is -2.04. The summed E-state index contributed by atoms with van der Waals surface area (Å²) in [6, 6.07) is 7.99. The quantitative estimate of drug-likeness (QED) is 0.760. The molecule has 0 bridgehead atoms. The normalized spacial score (nSPS) is 10.9. The van der Waals surface area contributed by atoms with Crippen LogP contribution in [0.15, 0.2) is 24.3 Å². The van der Waals surface area contributed by atoms with Crippen molar-refractivity contribution in [3.05, 3.63) is 30.1 Å². The summed E-state index contributed by atoms with van der Waals surface area (Å²) in [5, 5.41) is 11.7. The first kappa shape index (κ1) is 12.6. The molecule has 0 amide bonds. The first-order valence-electron chi connectivity index (χ1n) is 6.01. The van der Waals surface area contributed by atoms with E-state index in [0.29, 0.717) is 19.5 Å². The van der Waals surface area contributed by atoms with Crippen LogP contribution in [-0.4, -0.2) is 27.2 Å². The van der Waals surface area contributed by atoms with Gasteiger partial charge in [-0.1, -0.05) is 12.1 Å². The highest BCUT2D eigenvalue weighted by atomic mass is 16.4. The van der Waals surface area contributed by atoms with E-state index >= 15 is 0 Å². The zero-order valence-corrected chi connectivity index (χ0v) is 10.4. The maximum atomic E-state index is 10.4. The minimum atomic E-state index is -0.750. The molecule has 0 aliphatic rings. The highest BCUT2D eigenvalue weighted by molar-refractivity contribution is 5.75. The highest BCUT2D eigenvalue weighted by Crippen LogP contribution is 2.13. The lowest BCUT2D eigenvalue weighted by molar-refractivity contribution is -0.137. The number of benzene rings is 1. The zero-order valence-electron chi connectivity index (χ0n) is 10.4. The van der Waals surface area contributed by atoms with Gasteiger partial charge in [0.25, 0.3) is 0 Å². The second kappa shape index (κ2) is 5.64. The molecular weight excluding hydrogens is 230 g/mol. The van der Waals surface area contributed by atoms with Crippen LogP contribution in [0.25, 0.3) is 11.0 Å². The fourth-order valence-corrected chi connectivity index (χ4v) is 1.92. The molecule has 2 N–H and O–H groups in total. The van der Waals surface area contributed by atoms with Gasteiger partial charge < -0.3 is 15.0 Å². The van der Waals surface area contributed by atoms with Crippen molar-refractivity contribution in [3.8, 4) is 0 Å². The van der Waals surface area contributed by atoms with Gasteiger partial charge in [-0.2, -0.15) is 0 Å². The second-order valence-electron chi connectivity index (χ2n) is 4.25. The summed E-state index contributed by atoms with van der Waals surface area (Å²) in [6.07, 6.45) is 0.842. The molecule has 0 saturated heterocycles. The van der Waals surface area contributed by atoms with Crippen LogP contribution >= 0.6 is 0 Å². The molecule has 0 unspecified atom stereocenters. The fraction of sp³-hybridized carbons (Fsp3) is 0.385. The minimum Gasteiger partial charge on any atom is -0.481 e. The molecule has 0 atom stereocenters. The largest absolute Gasteiger partial charge is 0.481 e. The van der Waals surface area contributed by atoms with E-state index in [9.17, 15) is 4.79 Å². The topological polar surface area (TPSA) is 67.2 Å². The number of aromatic nitrogens is 2. The molecule has 1 heterocycles. The first-order valence-corrected chi connectivity index (χ1v) is 6.01. The molecule has 2 rings (SSSR count). The lowest BCUT2D eigenvalue weighted by atomic mass is 10.3. The fourth-order valence-electron chi connectivity index (χ4n) is 1.92. The Bertz CT molecular complexity index is 548. The van der Waals surface area contributed by atoms with Gasteiger partial charge in [-0.3, -0.25) is 4.79 Å². The molecule has 5 heteroatoms. The molecule has 18 heavy (non-hydrogen) atoms. The summed E-state index contributed by atoms with van der Waals surface area (Å²) in [5.74, 6) is 0.214. The number of carboxylic acid groups (broad SMARTS) is 1. The summed E-state index contributed by atoms with van der Waals surface area (Å²) in [7, 11) is 1.99. The van der Waals surface area contributed by atoms with Crippen LogP contribution < -0.4 is 5.32 Å². The SMILES string of the molecule is Cn1c(CNCCCC(=O)O)nc2ccccc21. The van der Waals surface area contributed by atoms with Gasteiger partial charge in [0.15, 0.2) is 0 Å². The smallest absolute Gasteiger partial charge is 0.303 e. The molecule has 0 spiro atoms. The summed E-state index contributed by atoms with van der Waals surface area (Å²) in [6.45, 7) is 1.35. The third-order valence-electron chi connectivity index (χ3n) is 2.91. The van der Waals surface area contributed by atoms with E-state index in [1.54, 1.807) is 0 Å². The molecule has 1 aromatic carbocycles. The standard InChI is InChI=1S/C13H17N3O2/c1-16-11-6-3-2-5-10(11)15-12(16)9-14-8-4-7-13(17)18/h2-3,5-6,14H,4,7-9H2,1H3,(H,17,18). The third-order valence-corrected chi connectivity index (χ3v) is 2.91. The number of carbonyl (C=O) groups is 1. The van der Waals surface area contributed by atoms with Gasteiger partial charge in [-0.25, -0.2) is 4.98 Å². The average molecular weight is 247 g/mol. The zero-order chi connectivity index (χ0) is 13.0. The van der Waals surface area contributed by atoms with Crippen LogP contribution in [0.3, 0.4) is 0 Å². The number of hydrogen-bond donors (Lipinski definition) is 2. The average Bonchev–Trinajstić information content (AvgIpc) is 2.66. The van der Waals surface area contributed by atoms with Crippen LogP contribution in [0, 0.1) is 0 Å². The van der Waals surface area contributed by atoms with Gasteiger partial charge in [-0.05, 0) is 25.1 Å². The molecule has 0 aliphatic heterocycles. The van der Waals surface area contributed by atoms with Crippen molar-refractivity contribution in [1.29, 1.82) is 0 Å². The number of fused-ring (bicyclic) bond motifs is 1. The Morgan fingerprint density at radius 1 is 1.44 bits per heavy atom. The van der Waals surface area contributed by atoms with Crippen LogP contribution in [0.2, 0.25) is 0 Å². The van der Waals surface area contributed by atoms with Crippen molar-refractivity contribution in [2.24, 2.45) is 7.05 Å². The Kier molecular flexibility index (Phi) is 3.94. The van der Waals surface area contributed by atoms with Gasteiger partial charge >= 0.3 is 5.97 Å². The van der Waals surface area contributed by atoms with E-state index in [0.717, 1.165) is 16.9 Å². The van der Waals surface area contributed by atoms with Gasteiger partial charge in [0.2, 0.25) is 0 Å². The number of carboxylic acids is 1. The molecule has 1 aromatic heterocycles. The van der Waals surface area contributed by atoms with Crippen LogP contribution in [0.1, 0.15) is 18.7 Å². The Morgan fingerprint density at radius 3 is 2.94 bits per heavy atom. The predicted molar refractivity (Wildman–Crippen MR) is 69.3 cm³/mol. The second-order valence-corrected chi connectivity index (χ2v) is 4.25. The van der Waals surface area contributed by atoms with Gasteiger partial charge in [0.05, 0.1) is 17.6 Å². The summed E-state index contributed by atoms with van der Waals surface area (Å²) in [5.41, 5.74) is 2.10. The van der Waals surface area contributed by atoms with Crippen LogP contribution in [0.5, 0.6) is 0 Å². The third kappa shape index (κ3) is 2.87. The van der Waals surface area contributed by atoms with E-state index in [4.69, 9.17) is 5.11 Å². The minimum absolute atomic E-state index is 0.204. The Hall–Kier alpha value is -1.88. The van der Waals surface area contributed by atoms with Gasteiger partial charge in [-0.15, -0.1) is 0 Å². The Morgan fingerprint density at radius 2 is 2.22 bits per heavy atom. The van der Waals surface area contributed by atoms with E-state index in [1.807, 2.05) is 31.3 Å². The van der Waals surface area contributed by atoms with Crippen LogP contribution in [0.4, 0.5) is 0 Å². The van der Waals surface area contributed by atoms with Crippen molar-refractivity contribution < 1.29 is 9.90 Å². The van der Waals surface area contributed by atoms with Crippen molar-refractivity contribution >= 4 is 17.0 Å². The van der Waals surface area contributed by atoms with Crippen molar-refractivity contribution in [2.45, 2.75) is 19.4 Å². The highest BCUT2D eigenvalue weighted by Gasteiger charge is 2.06. The van der Waals surface area contributed by atoms with Gasteiger partial charge in [0.1, 0.15) is 5.82 Å². The molecule has 2 aromatic rings. The van der Waals surface area contributed by atoms with Crippen molar-refractivity contribution in [3.63, 3.8) is 0 Å². The maximum Gasteiger partial charge on any atom is 0.303 e. The number of para-hydroxylation sites is 2. The number of rotatable bonds is 6. The molecule has 0 aliphatic carbocycles. The number of imidazole rings is 1. The number of aryl methyl sites for hydroxylation is 1. The molecule has 0 fully saturated rings. The van der Waals surface area contributed by atoms with Crippen molar-refractivity contribution in [2.75, 3.05) is 6.54 Å². The molecule has 96 valence electrons. The number of hydrogen-bond acceptors (Lipinski definition) is 3. The molecule has 5 nitrogen and oxygen atoms in total. The van der Waals surface area contributed by atoms with E-state index in [2.05, 4.69) is 14.9 Å². The van der Waals surface area contributed by atoms with E-state index in [1.165, 1.54) is 0 Å². The van der Waals surface area contributed by atoms with Crippen molar-refractivity contribution in [1.82, 2.24) is 14.9 Å². The maximum absolute atomic E-state index is 10.4. The first-order chi connectivity index (χ1) is 8.68. The molecule has 0 saturated carbocycles. The number of aliphatic carboxylic acids is 1. The van der Waals surface area contributed by atoms with Gasteiger partial charge in [0, 0.05) is 13.5 Å². The van der Waals surface area contributed by atoms with E-state index in [-0.39, 0.29) is 6.42 Å². The number of nitrogens with zero attached hydrogens (tertiary/aromatic N) is 2. The van der Waals surface area contributed by atoms with E-state index < -0.39 is 5.97 Å². The monoisotopic (exact) mass is 247 g/mol. The number of nitrogens with one attached hydrogen (secondary N) is 1. The Labute approximate surface area is 105 Å². The van der Waals surface area contributed by atoms with Crippen LogP contribution in [-0.2, 0) is 18.4 Å². The molecule has 0 radical (unpaired) electrons. The summed E-state index contributed by atoms with van der Waals surface area (Å²) in [4.78, 5) is 14.9. The summed E-state index contributed by atoms with van der Waals surface area (Å²) < 4.78 is 2.06. The summed E-state index contributed by atoms with van der Waals surface area (Å²) >= 11 is 0. The predicted octanol–water partition coefficient (Wildman–Crippen LogP) is 1.53.